The highest BCUT2D eigenvalue weighted by Gasteiger charge is 2.33. The number of carbonyl (C=O) groups is 2. The average Bonchev–Trinajstić information content (AvgIpc) is 2.74. The Morgan fingerprint density at radius 3 is 2.48 bits per heavy atom. The lowest BCUT2D eigenvalue weighted by molar-refractivity contribution is -0.140. The van der Waals surface area contributed by atoms with Crippen LogP contribution in [0, 0.1) is 0 Å². The lowest BCUT2D eigenvalue weighted by Crippen LogP contribution is -2.45. The maximum absolute atomic E-state index is 13.0. The first-order chi connectivity index (χ1) is 14.9. The van der Waals surface area contributed by atoms with Crippen LogP contribution in [0.2, 0.25) is 5.02 Å². The zero-order chi connectivity index (χ0) is 22.4. The van der Waals surface area contributed by atoms with E-state index in [1.165, 1.54) is 0 Å². The Balaban J connectivity index is 1.94. The lowest BCUT2D eigenvalue weighted by atomic mass is 9.95. The molecule has 7 nitrogen and oxygen atoms in total. The molecular formula is C23H25ClN2O5. The molecule has 0 radical (unpaired) electrons. The van der Waals surface area contributed by atoms with Gasteiger partial charge in [0.15, 0.2) is 11.5 Å². The van der Waals surface area contributed by atoms with E-state index in [1.807, 2.05) is 44.2 Å². The van der Waals surface area contributed by atoms with Crippen LogP contribution < -0.4 is 20.1 Å². The summed E-state index contributed by atoms with van der Waals surface area (Å²) in [6.07, 6.45) is 0. The molecule has 0 fully saturated rings. The van der Waals surface area contributed by atoms with Crippen LogP contribution in [0.1, 0.15) is 37.9 Å². The topological polar surface area (TPSA) is 85.9 Å². The normalized spacial score (nSPS) is 15.7. The fourth-order valence-corrected chi connectivity index (χ4v) is 3.59. The van der Waals surface area contributed by atoms with Gasteiger partial charge in [-0.05, 0) is 44.0 Å². The molecule has 2 N–H and O–H groups in total. The molecule has 2 aromatic carbocycles. The number of hydrogen-bond donors (Lipinski definition) is 2. The van der Waals surface area contributed by atoms with Crippen molar-refractivity contribution in [3.05, 3.63) is 69.9 Å². The highest BCUT2D eigenvalue weighted by atomic mass is 35.5. The number of allylic oxidation sites excluding steroid dienone is 1. The second-order valence-electron chi connectivity index (χ2n) is 6.83. The Morgan fingerprint density at radius 2 is 1.81 bits per heavy atom. The summed E-state index contributed by atoms with van der Waals surface area (Å²) in [5.74, 6) is 0.319. The van der Waals surface area contributed by atoms with Gasteiger partial charge < -0.3 is 24.8 Å². The molecule has 0 aromatic heterocycles. The molecule has 0 bridgehead atoms. The van der Waals surface area contributed by atoms with Crippen molar-refractivity contribution < 1.29 is 23.8 Å². The molecule has 31 heavy (non-hydrogen) atoms. The molecule has 1 aliphatic heterocycles. The van der Waals surface area contributed by atoms with E-state index in [0.29, 0.717) is 46.6 Å². The molecule has 1 unspecified atom stereocenters. The van der Waals surface area contributed by atoms with Gasteiger partial charge in [0.1, 0.15) is 6.61 Å². The number of urea groups is 1. The van der Waals surface area contributed by atoms with E-state index in [2.05, 4.69) is 10.6 Å². The standard InChI is InChI=1S/C23H25ClN2O5/c1-4-29-18-12-16(11-17(24)21(18)30-5-2)20-19(14(3)25-23(28)26-20)22(27)31-13-15-9-7-6-8-10-15/h6-12,20H,4-5,13H2,1-3H3,(H2,25,26,28). The Morgan fingerprint density at radius 1 is 1.10 bits per heavy atom. The third-order valence-electron chi connectivity index (χ3n) is 4.66. The first-order valence-corrected chi connectivity index (χ1v) is 10.4. The Hall–Kier alpha value is -3.19. The number of carbonyl (C=O) groups excluding carboxylic acids is 2. The molecule has 3 rings (SSSR count). The van der Waals surface area contributed by atoms with E-state index in [9.17, 15) is 9.59 Å². The van der Waals surface area contributed by atoms with Crippen LogP contribution in [-0.2, 0) is 16.1 Å². The molecule has 2 aromatic rings. The first kappa shape index (κ1) is 22.5. The van der Waals surface area contributed by atoms with Gasteiger partial charge in [-0.1, -0.05) is 41.9 Å². The summed E-state index contributed by atoms with van der Waals surface area (Å²) < 4.78 is 16.8. The van der Waals surface area contributed by atoms with Crippen LogP contribution in [0.25, 0.3) is 0 Å². The van der Waals surface area contributed by atoms with E-state index in [0.717, 1.165) is 5.56 Å². The number of nitrogens with one attached hydrogen (secondary N) is 2. The molecule has 0 saturated heterocycles. The largest absolute Gasteiger partial charge is 0.490 e. The van der Waals surface area contributed by atoms with Crippen LogP contribution >= 0.6 is 11.6 Å². The number of esters is 1. The van der Waals surface area contributed by atoms with Crippen LogP contribution in [-0.4, -0.2) is 25.2 Å². The number of rotatable bonds is 8. The van der Waals surface area contributed by atoms with Gasteiger partial charge >= 0.3 is 12.0 Å². The van der Waals surface area contributed by atoms with Gasteiger partial charge in [-0.3, -0.25) is 0 Å². The fraction of sp³-hybridized carbons (Fsp3) is 0.304. The Bertz CT molecular complexity index is 991. The van der Waals surface area contributed by atoms with Gasteiger partial charge in [-0.15, -0.1) is 0 Å². The minimum atomic E-state index is -0.760. The lowest BCUT2D eigenvalue weighted by Gasteiger charge is -2.29. The summed E-state index contributed by atoms with van der Waals surface area (Å²) in [6, 6.07) is 11.6. The van der Waals surface area contributed by atoms with Crippen molar-refractivity contribution in [2.24, 2.45) is 0 Å². The average molecular weight is 445 g/mol. The van der Waals surface area contributed by atoms with Crippen molar-refractivity contribution in [1.82, 2.24) is 10.6 Å². The SMILES string of the molecule is CCOc1cc(C2NC(=O)NC(C)=C2C(=O)OCc2ccccc2)cc(Cl)c1OCC. The molecule has 0 saturated carbocycles. The second kappa shape index (κ2) is 10.2. The minimum absolute atomic E-state index is 0.116. The Kier molecular flexibility index (Phi) is 7.41. The smallest absolute Gasteiger partial charge is 0.338 e. The molecule has 1 aliphatic rings. The number of benzene rings is 2. The minimum Gasteiger partial charge on any atom is -0.490 e. The van der Waals surface area contributed by atoms with Crippen molar-refractivity contribution in [2.45, 2.75) is 33.4 Å². The van der Waals surface area contributed by atoms with Gasteiger partial charge in [-0.25, -0.2) is 9.59 Å². The summed E-state index contributed by atoms with van der Waals surface area (Å²) in [5, 5.41) is 5.73. The van der Waals surface area contributed by atoms with E-state index in [-0.39, 0.29) is 6.61 Å². The third kappa shape index (κ3) is 5.30. The molecule has 2 amide bonds. The number of hydrogen-bond acceptors (Lipinski definition) is 5. The maximum atomic E-state index is 13.0. The van der Waals surface area contributed by atoms with Gasteiger partial charge in [0.05, 0.1) is 29.9 Å². The summed E-state index contributed by atoms with van der Waals surface area (Å²) >= 11 is 6.44. The molecule has 164 valence electrons. The second-order valence-corrected chi connectivity index (χ2v) is 7.24. The molecule has 0 aliphatic carbocycles. The van der Waals surface area contributed by atoms with Crippen molar-refractivity contribution in [3.8, 4) is 11.5 Å². The van der Waals surface area contributed by atoms with Crippen LogP contribution in [0.4, 0.5) is 4.79 Å². The number of amides is 2. The van der Waals surface area contributed by atoms with Gasteiger partial charge in [0, 0.05) is 5.70 Å². The van der Waals surface area contributed by atoms with Gasteiger partial charge in [-0.2, -0.15) is 0 Å². The zero-order valence-electron chi connectivity index (χ0n) is 17.7. The molecule has 0 spiro atoms. The highest BCUT2D eigenvalue weighted by Crippen LogP contribution is 2.40. The van der Waals surface area contributed by atoms with Gasteiger partial charge in [0.2, 0.25) is 0 Å². The van der Waals surface area contributed by atoms with Crippen LogP contribution in [0.15, 0.2) is 53.7 Å². The molecular weight excluding hydrogens is 420 g/mol. The zero-order valence-corrected chi connectivity index (χ0v) is 18.4. The van der Waals surface area contributed by atoms with Crippen molar-refractivity contribution in [2.75, 3.05) is 13.2 Å². The summed E-state index contributed by atoms with van der Waals surface area (Å²) in [7, 11) is 0. The van der Waals surface area contributed by atoms with E-state index in [4.69, 9.17) is 25.8 Å². The van der Waals surface area contributed by atoms with E-state index < -0.39 is 18.0 Å². The predicted molar refractivity (Wildman–Crippen MR) is 117 cm³/mol. The first-order valence-electron chi connectivity index (χ1n) is 10.0. The number of halogens is 1. The summed E-state index contributed by atoms with van der Waals surface area (Å²) in [6.45, 7) is 6.29. The Labute approximate surface area is 186 Å². The summed E-state index contributed by atoms with van der Waals surface area (Å²) in [5.41, 5.74) is 2.15. The van der Waals surface area contributed by atoms with Gasteiger partial charge in [0.25, 0.3) is 0 Å². The third-order valence-corrected chi connectivity index (χ3v) is 4.94. The van der Waals surface area contributed by atoms with Crippen LogP contribution in [0.3, 0.4) is 0 Å². The highest BCUT2D eigenvalue weighted by molar-refractivity contribution is 6.32. The predicted octanol–water partition coefficient (Wildman–Crippen LogP) is 4.51. The monoisotopic (exact) mass is 444 g/mol. The summed E-state index contributed by atoms with van der Waals surface area (Å²) in [4.78, 5) is 25.1. The molecule has 1 heterocycles. The molecule has 1 atom stereocenters. The van der Waals surface area contributed by atoms with Crippen LogP contribution in [0.5, 0.6) is 11.5 Å². The number of ether oxygens (including phenoxy) is 3. The van der Waals surface area contributed by atoms with Crippen molar-refractivity contribution >= 4 is 23.6 Å². The van der Waals surface area contributed by atoms with E-state index >= 15 is 0 Å². The van der Waals surface area contributed by atoms with Crippen molar-refractivity contribution in [3.63, 3.8) is 0 Å². The maximum Gasteiger partial charge on any atom is 0.338 e. The van der Waals surface area contributed by atoms with E-state index in [1.54, 1.807) is 19.1 Å². The molecule has 8 heteroatoms. The quantitative estimate of drug-likeness (QED) is 0.585. The fourth-order valence-electron chi connectivity index (χ4n) is 3.32. The van der Waals surface area contributed by atoms with Crippen molar-refractivity contribution in [1.29, 1.82) is 0 Å².